The number of aliphatic carboxylic acids is 1. The fourth-order valence-corrected chi connectivity index (χ4v) is 7.19. The molecule has 0 aliphatic carbocycles. The zero-order valence-corrected chi connectivity index (χ0v) is 30.1. The van der Waals surface area contributed by atoms with Crippen molar-refractivity contribution >= 4 is 68.8 Å². The summed E-state index contributed by atoms with van der Waals surface area (Å²) in [7, 11) is 0. The highest BCUT2D eigenvalue weighted by Gasteiger charge is 2.36. The lowest BCUT2D eigenvalue weighted by Gasteiger charge is -2.18. The van der Waals surface area contributed by atoms with E-state index in [1.807, 2.05) is 0 Å². The Hall–Kier alpha value is -5.66. The Kier molecular flexibility index (Phi) is 10.3. The summed E-state index contributed by atoms with van der Waals surface area (Å²) >= 11 is 12.1. The first-order valence-electron chi connectivity index (χ1n) is 16.3. The number of phenolic OH excluding ortho intramolecular Hbond substituents is 1. The lowest BCUT2D eigenvalue weighted by molar-refractivity contribution is -0.137. The molecule has 0 saturated carbocycles. The van der Waals surface area contributed by atoms with Gasteiger partial charge in [0, 0.05) is 55.5 Å². The molecule has 4 aromatic carbocycles. The van der Waals surface area contributed by atoms with Gasteiger partial charge in [-0.05, 0) is 67.8 Å². The Balaban J connectivity index is 1.52. The average molecular weight is 784 g/mol. The number of ether oxygens (including phenoxy) is 1. The molecule has 6 aromatic rings. The summed E-state index contributed by atoms with van der Waals surface area (Å²) in [5.74, 6) is -14.3. The van der Waals surface area contributed by atoms with E-state index >= 15 is 13.2 Å². The predicted molar refractivity (Wildman–Crippen MR) is 192 cm³/mol. The van der Waals surface area contributed by atoms with E-state index in [-0.39, 0.29) is 67.6 Å². The molecule has 1 unspecified atom stereocenters. The topological polar surface area (TPSA) is 128 Å². The maximum atomic E-state index is 16.6. The van der Waals surface area contributed by atoms with Crippen LogP contribution in [0.5, 0.6) is 11.5 Å². The Bertz CT molecular complexity index is 2580. The number of phenols is 1. The van der Waals surface area contributed by atoms with Crippen LogP contribution in [0.15, 0.2) is 60.7 Å². The molecule has 6 rings (SSSR count). The minimum absolute atomic E-state index is 0.0169. The molecule has 0 aliphatic rings. The lowest BCUT2D eigenvalue weighted by Crippen LogP contribution is -2.22. The third-order valence-electron chi connectivity index (χ3n) is 9.17. The molecule has 15 heteroatoms. The first-order chi connectivity index (χ1) is 25.6. The van der Waals surface area contributed by atoms with E-state index in [1.165, 1.54) is 62.4 Å². The van der Waals surface area contributed by atoms with E-state index in [4.69, 9.17) is 27.9 Å². The fraction of sp³-hybridized carbons (Fsp3) is 0.179. The third-order valence-corrected chi connectivity index (χ3v) is 9.64. The molecule has 0 bridgehead atoms. The molecule has 278 valence electrons. The van der Waals surface area contributed by atoms with Crippen molar-refractivity contribution in [3.8, 4) is 11.5 Å². The molecule has 2 N–H and O–H groups in total. The number of carbonyl (C=O) groups is 4. The van der Waals surface area contributed by atoms with Crippen molar-refractivity contribution in [1.82, 2.24) is 9.13 Å². The van der Waals surface area contributed by atoms with E-state index in [1.54, 1.807) is 6.92 Å². The lowest BCUT2D eigenvalue weighted by atomic mass is 9.91. The minimum atomic E-state index is -1.55. The van der Waals surface area contributed by atoms with Crippen molar-refractivity contribution in [3.05, 3.63) is 128 Å². The molecule has 2 heterocycles. The fourth-order valence-electron chi connectivity index (χ4n) is 6.81. The summed E-state index contributed by atoms with van der Waals surface area (Å²) in [5.41, 5.74) is -1.18. The Labute approximate surface area is 313 Å². The number of halogens is 6. The number of benzene rings is 4. The van der Waals surface area contributed by atoms with Crippen molar-refractivity contribution in [2.75, 3.05) is 0 Å². The van der Waals surface area contributed by atoms with E-state index in [0.717, 1.165) is 21.3 Å². The summed E-state index contributed by atoms with van der Waals surface area (Å²) in [6.07, 6.45) is -0.727. The largest absolute Gasteiger partial charge is 0.503 e. The van der Waals surface area contributed by atoms with Gasteiger partial charge in [0.2, 0.25) is 5.75 Å². The van der Waals surface area contributed by atoms with Crippen molar-refractivity contribution in [3.63, 3.8) is 0 Å². The molecule has 0 saturated heterocycles. The van der Waals surface area contributed by atoms with E-state index in [2.05, 4.69) is 0 Å². The van der Waals surface area contributed by atoms with Gasteiger partial charge in [0.15, 0.2) is 29.0 Å². The molecular formula is C39H28Cl2F4N2O7. The molecule has 0 fully saturated rings. The second-order valence-electron chi connectivity index (χ2n) is 12.5. The summed E-state index contributed by atoms with van der Waals surface area (Å²) < 4.78 is 70.4. The van der Waals surface area contributed by atoms with Gasteiger partial charge in [0.1, 0.15) is 0 Å². The van der Waals surface area contributed by atoms with E-state index < -0.39 is 81.6 Å². The number of rotatable bonds is 9. The van der Waals surface area contributed by atoms with Gasteiger partial charge < -0.3 is 14.9 Å². The summed E-state index contributed by atoms with van der Waals surface area (Å²) in [6, 6.07) is 12.9. The maximum absolute atomic E-state index is 16.6. The van der Waals surface area contributed by atoms with Crippen LogP contribution >= 0.6 is 23.2 Å². The molecule has 2 aromatic heterocycles. The normalized spacial score (nSPS) is 12.0. The average Bonchev–Trinajstić information content (AvgIpc) is 3.55. The highest BCUT2D eigenvalue weighted by Crippen LogP contribution is 2.42. The molecule has 54 heavy (non-hydrogen) atoms. The zero-order valence-electron chi connectivity index (χ0n) is 28.6. The molecule has 0 amide bonds. The van der Waals surface area contributed by atoms with Crippen molar-refractivity contribution < 1.29 is 51.7 Å². The van der Waals surface area contributed by atoms with Crippen molar-refractivity contribution in [2.24, 2.45) is 0 Å². The number of aromatic nitrogens is 2. The highest BCUT2D eigenvalue weighted by molar-refractivity contribution is 6.31. The van der Waals surface area contributed by atoms with E-state index in [9.17, 15) is 33.8 Å². The van der Waals surface area contributed by atoms with Crippen LogP contribution in [-0.2, 0) is 16.0 Å². The number of hydrogen-bond donors (Lipinski definition) is 2. The van der Waals surface area contributed by atoms with E-state index in [0.29, 0.717) is 0 Å². The Morgan fingerprint density at radius 3 is 1.85 bits per heavy atom. The quantitative estimate of drug-likeness (QED) is 0.0850. The second kappa shape index (κ2) is 14.6. The maximum Gasteiger partial charge on any atom is 0.319 e. The van der Waals surface area contributed by atoms with Gasteiger partial charge >= 0.3 is 11.9 Å². The first kappa shape index (κ1) is 38.1. The van der Waals surface area contributed by atoms with Crippen LogP contribution < -0.4 is 4.74 Å². The van der Waals surface area contributed by atoms with Gasteiger partial charge in [-0.15, -0.1) is 0 Å². The van der Waals surface area contributed by atoms with Crippen LogP contribution in [0.3, 0.4) is 0 Å². The van der Waals surface area contributed by atoms with Crippen LogP contribution in [0, 0.1) is 37.1 Å². The molecule has 0 aliphatic heterocycles. The Morgan fingerprint density at radius 2 is 1.31 bits per heavy atom. The van der Waals surface area contributed by atoms with Gasteiger partial charge in [0.25, 0.3) is 11.8 Å². The molecule has 9 nitrogen and oxygen atoms in total. The first-order valence-corrected chi connectivity index (χ1v) is 17.1. The van der Waals surface area contributed by atoms with Crippen molar-refractivity contribution in [2.45, 2.75) is 46.0 Å². The predicted octanol–water partition coefficient (Wildman–Crippen LogP) is 9.28. The summed E-state index contributed by atoms with van der Waals surface area (Å²) in [4.78, 5) is 53.4. The smallest absolute Gasteiger partial charge is 0.319 e. The SMILES string of the molecule is CCCC(C(=O)Oc1c(F)cc2c(c1F)c(CC(=O)O)c(C)n2C(=O)c1cccc(Cl)c1)c1c(C)n(C(=O)c2cccc(Cl)c2)c2cc(F)c(O)c(F)c12. The van der Waals surface area contributed by atoms with Crippen LogP contribution in [0.25, 0.3) is 21.8 Å². The van der Waals surface area contributed by atoms with Gasteiger partial charge in [0.05, 0.1) is 23.4 Å². The van der Waals surface area contributed by atoms with Crippen LogP contribution in [0.4, 0.5) is 17.6 Å². The number of esters is 1. The number of aromatic hydroxyl groups is 1. The van der Waals surface area contributed by atoms with Crippen molar-refractivity contribution in [1.29, 1.82) is 0 Å². The molecular weight excluding hydrogens is 755 g/mol. The molecule has 0 spiro atoms. The monoisotopic (exact) mass is 782 g/mol. The summed E-state index contributed by atoms with van der Waals surface area (Å²) in [6.45, 7) is 4.33. The number of carbonyl (C=O) groups excluding carboxylic acids is 3. The highest BCUT2D eigenvalue weighted by atomic mass is 35.5. The number of hydrogen-bond acceptors (Lipinski definition) is 6. The number of carboxylic acids is 1. The van der Waals surface area contributed by atoms with Gasteiger partial charge in [-0.2, -0.15) is 0 Å². The van der Waals surface area contributed by atoms with Crippen LogP contribution in [-0.4, -0.2) is 43.1 Å². The second-order valence-corrected chi connectivity index (χ2v) is 13.4. The van der Waals surface area contributed by atoms with Gasteiger partial charge in [-0.3, -0.25) is 28.3 Å². The molecule has 0 radical (unpaired) electrons. The summed E-state index contributed by atoms with van der Waals surface area (Å²) in [5, 5.41) is 19.3. The van der Waals surface area contributed by atoms with Crippen LogP contribution in [0.1, 0.15) is 68.9 Å². The zero-order chi connectivity index (χ0) is 39.3. The van der Waals surface area contributed by atoms with Crippen LogP contribution in [0.2, 0.25) is 10.0 Å². The minimum Gasteiger partial charge on any atom is -0.503 e. The standard InChI is InChI=1S/C39H28Cl2F4N2O7/c1-4-7-23(30-18(3)47(38(52)20-9-6-11-22(41)13-20)28-15-25(42)35(50)33(44)32(28)30)39(53)54-36-26(43)16-27-31(34(36)45)24(14-29(48)49)17(2)46(27)37(51)19-8-5-10-21(40)12-19/h5-6,8-13,15-16,23,50H,4,7,14H2,1-3H3,(H,48,49). The number of nitrogens with zero attached hydrogens (tertiary/aromatic N) is 2. The Morgan fingerprint density at radius 1 is 0.778 bits per heavy atom. The van der Waals surface area contributed by atoms with Gasteiger partial charge in [-0.1, -0.05) is 48.7 Å². The molecule has 1 atom stereocenters. The number of fused-ring (bicyclic) bond motifs is 2. The third kappa shape index (κ3) is 6.47. The van der Waals surface area contributed by atoms with Gasteiger partial charge in [-0.25, -0.2) is 17.6 Å². The number of carboxylic acid groups (broad SMARTS) is 1.